The second kappa shape index (κ2) is 9.18. The fourth-order valence-corrected chi connectivity index (χ4v) is 5.35. The Morgan fingerprint density at radius 2 is 1.94 bits per heavy atom. The molecule has 0 N–H and O–H groups in total. The van der Waals surface area contributed by atoms with Gasteiger partial charge in [-0.25, -0.2) is 9.37 Å². The number of nitrogens with zero attached hydrogens (tertiary/aromatic N) is 5. The molecule has 0 bridgehead atoms. The number of benzene rings is 1. The number of piperidine rings is 1. The molecule has 1 fully saturated rings. The molecule has 0 amide bonds. The predicted octanol–water partition coefficient (Wildman–Crippen LogP) is 3.42. The van der Waals surface area contributed by atoms with Crippen molar-refractivity contribution in [2.75, 3.05) is 26.3 Å². The fourth-order valence-electron chi connectivity index (χ4n) is 5.35. The van der Waals surface area contributed by atoms with Crippen molar-refractivity contribution in [1.82, 2.24) is 24.6 Å². The lowest BCUT2D eigenvalue weighted by Gasteiger charge is -2.55. The number of fused-ring (bicyclic) bond motifs is 2. The quantitative estimate of drug-likeness (QED) is 0.553. The van der Waals surface area contributed by atoms with Gasteiger partial charge in [0.2, 0.25) is 0 Å². The molecule has 1 aromatic carbocycles. The third kappa shape index (κ3) is 4.49. The summed E-state index contributed by atoms with van der Waals surface area (Å²) in [5.74, 6) is 0.689. The van der Waals surface area contributed by atoms with Crippen LogP contribution in [0, 0.1) is 17.7 Å². The van der Waals surface area contributed by atoms with Crippen LogP contribution in [0.2, 0.25) is 0 Å². The van der Waals surface area contributed by atoms with E-state index in [0.29, 0.717) is 55.4 Å². The molecule has 2 aliphatic rings. The summed E-state index contributed by atoms with van der Waals surface area (Å²) in [5.41, 5.74) is 1.38. The Bertz CT molecular complexity index is 1290. The van der Waals surface area contributed by atoms with Gasteiger partial charge in [0.1, 0.15) is 19.0 Å². The molecular formula is C26H31FN5O3. The van der Waals surface area contributed by atoms with Gasteiger partial charge in [-0.1, -0.05) is 20.8 Å². The highest BCUT2D eigenvalue weighted by atomic mass is 19.1. The molecule has 185 valence electrons. The summed E-state index contributed by atoms with van der Waals surface area (Å²) in [5, 5.41) is 8.72. The summed E-state index contributed by atoms with van der Waals surface area (Å²) >= 11 is 0. The van der Waals surface area contributed by atoms with E-state index in [-0.39, 0.29) is 22.3 Å². The number of ether oxygens (including phenoxy) is 2. The smallest absolute Gasteiger partial charge is 0.276 e. The van der Waals surface area contributed by atoms with Crippen LogP contribution in [0.25, 0.3) is 11.0 Å². The van der Waals surface area contributed by atoms with E-state index >= 15 is 0 Å². The van der Waals surface area contributed by atoms with Crippen LogP contribution in [0.1, 0.15) is 39.3 Å². The molecule has 1 saturated heterocycles. The Hall–Kier alpha value is -3.07. The summed E-state index contributed by atoms with van der Waals surface area (Å²) in [7, 11) is 0. The minimum atomic E-state index is -0.382. The molecule has 4 heterocycles. The topological polar surface area (TPSA) is 82.4 Å². The van der Waals surface area contributed by atoms with Crippen LogP contribution in [0.4, 0.5) is 4.39 Å². The van der Waals surface area contributed by atoms with Crippen molar-refractivity contribution in [1.29, 1.82) is 0 Å². The molecule has 0 saturated carbocycles. The third-order valence-electron chi connectivity index (χ3n) is 7.32. The van der Waals surface area contributed by atoms with E-state index in [1.807, 2.05) is 6.07 Å². The molecular weight excluding hydrogens is 449 g/mol. The Morgan fingerprint density at radius 3 is 2.77 bits per heavy atom. The normalized spacial score (nSPS) is 20.8. The molecule has 8 nitrogen and oxygen atoms in total. The van der Waals surface area contributed by atoms with Gasteiger partial charge in [-0.05, 0) is 49.4 Å². The van der Waals surface area contributed by atoms with Gasteiger partial charge >= 0.3 is 0 Å². The van der Waals surface area contributed by atoms with Gasteiger partial charge in [-0.15, -0.1) is 5.10 Å². The Morgan fingerprint density at radius 1 is 1.11 bits per heavy atom. The number of likely N-dealkylation sites (tertiary alicyclic amines) is 1. The van der Waals surface area contributed by atoms with Gasteiger partial charge in [0.25, 0.3) is 11.4 Å². The maximum atomic E-state index is 14.0. The standard InChI is InChI=1S/C26H31FN5O3/c1-25(2,3)26(16-19-15-22-24(30-29-19)35-13-12-34-22)8-4-5-9-31(26)10-11-32-21-14-18(27)6-7-20(21)28-17-23(32)33/h4,6-7,14-15,17H,5,8-13,16H2,1-3H3. The molecule has 1 atom stereocenters. The van der Waals surface area contributed by atoms with E-state index in [0.717, 1.165) is 25.1 Å². The summed E-state index contributed by atoms with van der Waals surface area (Å²) < 4.78 is 26.9. The second-order valence-electron chi connectivity index (χ2n) is 10.3. The number of hydrogen-bond acceptors (Lipinski definition) is 7. The van der Waals surface area contributed by atoms with E-state index in [9.17, 15) is 9.18 Å². The molecule has 35 heavy (non-hydrogen) atoms. The highest BCUT2D eigenvalue weighted by Gasteiger charge is 2.48. The first-order chi connectivity index (χ1) is 16.8. The van der Waals surface area contributed by atoms with Crippen LogP contribution in [0.3, 0.4) is 0 Å². The van der Waals surface area contributed by atoms with Crippen LogP contribution in [0.5, 0.6) is 11.6 Å². The van der Waals surface area contributed by atoms with E-state index < -0.39 is 0 Å². The second-order valence-corrected chi connectivity index (χ2v) is 10.3. The van der Waals surface area contributed by atoms with Gasteiger partial charge in [-0.3, -0.25) is 9.69 Å². The molecule has 3 aromatic rings. The van der Waals surface area contributed by atoms with Gasteiger partial charge in [-0.2, -0.15) is 5.10 Å². The van der Waals surface area contributed by atoms with Crippen LogP contribution in [0.15, 0.2) is 35.3 Å². The molecule has 1 unspecified atom stereocenters. The van der Waals surface area contributed by atoms with Crippen LogP contribution >= 0.6 is 0 Å². The largest absolute Gasteiger partial charge is 0.484 e. The zero-order chi connectivity index (χ0) is 24.6. The SMILES string of the molecule is CC(C)(C)C1(Cc2cc3c(nn2)OCCO3)C[CH]CCN1CCn1c(=O)cnc2ccc(F)cc21. The summed E-state index contributed by atoms with van der Waals surface area (Å²) in [6, 6.07) is 6.29. The van der Waals surface area contributed by atoms with Crippen LogP contribution in [-0.2, 0) is 13.0 Å². The average Bonchev–Trinajstić information content (AvgIpc) is 2.83. The van der Waals surface area contributed by atoms with Gasteiger partial charge in [0.15, 0.2) is 5.75 Å². The minimum Gasteiger partial charge on any atom is -0.484 e. The Balaban J connectivity index is 1.47. The molecule has 0 aliphatic carbocycles. The number of rotatable bonds is 5. The van der Waals surface area contributed by atoms with Crippen molar-refractivity contribution in [3.63, 3.8) is 0 Å². The third-order valence-corrected chi connectivity index (χ3v) is 7.32. The van der Waals surface area contributed by atoms with Gasteiger partial charge < -0.3 is 14.0 Å². The Labute approximate surface area is 204 Å². The van der Waals surface area contributed by atoms with Crippen molar-refractivity contribution >= 4 is 11.0 Å². The highest BCUT2D eigenvalue weighted by Crippen LogP contribution is 2.45. The zero-order valence-electron chi connectivity index (χ0n) is 20.5. The number of hydrogen-bond donors (Lipinski definition) is 0. The number of halogens is 1. The van der Waals surface area contributed by atoms with E-state index in [1.54, 1.807) is 10.6 Å². The van der Waals surface area contributed by atoms with Gasteiger partial charge in [0.05, 0.1) is 22.9 Å². The number of aromatic nitrogens is 4. The molecule has 2 aliphatic heterocycles. The summed E-state index contributed by atoms with van der Waals surface area (Å²) in [4.78, 5) is 19.4. The van der Waals surface area contributed by atoms with E-state index in [2.05, 4.69) is 47.3 Å². The van der Waals surface area contributed by atoms with Crippen LogP contribution < -0.4 is 15.0 Å². The molecule has 0 spiro atoms. The summed E-state index contributed by atoms with van der Waals surface area (Å²) in [6.45, 7) is 9.64. The van der Waals surface area contributed by atoms with E-state index in [1.165, 1.54) is 18.3 Å². The van der Waals surface area contributed by atoms with Crippen molar-refractivity contribution < 1.29 is 13.9 Å². The molecule has 2 aromatic heterocycles. The Kier molecular flexibility index (Phi) is 6.21. The lowest BCUT2D eigenvalue weighted by atomic mass is 9.65. The van der Waals surface area contributed by atoms with Crippen molar-refractivity contribution in [3.05, 3.63) is 58.7 Å². The summed E-state index contributed by atoms with van der Waals surface area (Å²) in [6.07, 6.45) is 6.18. The van der Waals surface area contributed by atoms with Crippen molar-refractivity contribution in [2.24, 2.45) is 5.41 Å². The zero-order valence-corrected chi connectivity index (χ0v) is 20.5. The van der Waals surface area contributed by atoms with Crippen molar-refractivity contribution in [2.45, 2.75) is 52.1 Å². The minimum absolute atomic E-state index is 0.101. The van der Waals surface area contributed by atoms with Gasteiger partial charge in [0, 0.05) is 31.1 Å². The molecule has 5 rings (SSSR count). The maximum Gasteiger partial charge on any atom is 0.276 e. The lowest BCUT2D eigenvalue weighted by Crippen LogP contribution is -2.61. The predicted molar refractivity (Wildman–Crippen MR) is 130 cm³/mol. The maximum absolute atomic E-state index is 14.0. The molecule has 1 radical (unpaired) electrons. The fraction of sp³-hybridized carbons (Fsp3) is 0.500. The monoisotopic (exact) mass is 480 g/mol. The van der Waals surface area contributed by atoms with E-state index in [4.69, 9.17) is 9.47 Å². The first kappa shape index (κ1) is 23.7. The van der Waals surface area contributed by atoms with Crippen LogP contribution in [-0.4, -0.2) is 56.5 Å². The molecule has 9 heteroatoms. The van der Waals surface area contributed by atoms with Crippen molar-refractivity contribution in [3.8, 4) is 11.6 Å². The highest BCUT2D eigenvalue weighted by molar-refractivity contribution is 5.74. The first-order valence-electron chi connectivity index (χ1n) is 12.1. The lowest BCUT2D eigenvalue weighted by molar-refractivity contribution is -0.0272. The first-order valence-corrected chi connectivity index (χ1v) is 12.1. The average molecular weight is 481 g/mol.